The molecule has 0 N–H and O–H groups in total. The maximum atomic E-state index is 11.6. The van der Waals surface area contributed by atoms with Crippen molar-refractivity contribution in [1.29, 1.82) is 0 Å². The third kappa shape index (κ3) is 2.30. The molecule has 2 saturated heterocycles. The minimum absolute atomic E-state index is 0.156. The molecule has 0 aromatic rings. The molecule has 2 aliphatic rings. The van der Waals surface area contributed by atoms with Gasteiger partial charge in [-0.1, -0.05) is 6.42 Å². The molecule has 0 bridgehead atoms. The highest BCUT2D eigenvalue weighted by Crippen LogP contribution is 2.36. The monoisotopic (exact) mass is 225 g/mol. The molecule has 0 aromatic heterocycles. The molecule has 0 amide bonds. The number of piperidine rings is 1. The van der Waals surface area contributed by atoms with E-state index in [1.54, 1.807) is 0 Å². The molecule has 2 fully saturated rings. The number of ether oxygens (including phenoxy) is 1. The van der Waals surface area contributed by atoms with Crippen LogP contribution in [0.5, 0.6) is 0 Å². The quantitative estimate of drug-likeness (QED) is 0.673. The zero-order valence-corrected chi connectivity index (χ0v) is 10.5. The van der Waals surface area contributed by atoms with Crippen LogP contribution in [-0.4, -0.2) is 42.0 Å². The smallest absolute Gasteiger partial charge is 0.140 e. The van der Waals surface area contributed by atoms with Crippen LogP contribution in [0, 0.1) is 0 Å². The molecular weight excluding hydrogens is 202 g/mol. The molecule has 3 heteroatoms. The molecular formula is C13H23NO2. The predicted molar refractivity (Wildman–Crippen MR) is 63.5 cm³/mol. The second-order valence-electron chi connectivity index (χ2n) is 5.80. The molecule has 3 nitrogen and oxygen atoms in total. The fourth-order valence-corrected chi connectivity index (χ4v) is 3.16. The van der Waals surface area contributed by atoms with Crippen molar-refractivity contribution >= 4 is 6.29 Å². The van der Waals surface area contributed by atoms with E-state index in [0.29, 0.717) is 6.61 Å². The first-order valence-corrected chi connectivity index (χ1v) is 6.43. The van der Waals surface area contributed by atoms with Gasteiger partial charge >= 0.3 is 0 Å². The van der Waals surface area contributed by atoms with Crippen LogP contribution in [0.4, 0.5) is 0 Å². The fraction of sp³-hybridized carbons (Fsp3) is 0.923. The van der Waals surface area contributed by atoms with Crippen molar-refractivity contribution in [3.05, 3.63) is 0 Å². The summed E-state index contributed by atoms with van der Waals surface area (Å²) in [6.07, 6.45) is 6.66. The Labute approximate surface area is 98.1 Å². The first-order chi connectivity index (χ1) is 7.58. The van der Waals surface area contributed by atoms with Gasteiger partial charge in [0.05, 0.1) is 11.1 Å². The van der Waals surface area contributed by atoms with Crippen LogP contribution in [0.25, 0.3) is 0 Å². The molecule has 2 heterocycles. The number of carbonyl (C=O) groups is 1. The van der Waals surface area contributed by atoms with Crippen molar-refractivity contribution in [2.45, 2.75) is 57.1 Å². The molecule has 2 rings (SSSR count). The van der Waals surface area contributed by atoms with Crippen molar-refractivity contribution in [2.75, 3.05) is 19.7 Å². The lowest BCUT2D eigenvalue weighted by Gasteiger charge is -2.49. The lowest BCUT2D eigenvalue weighted by atomic mass is 9.80. The highest BCUT2D eigenvalue weighted by atomic mass is 16.5. The van der Waals surface area contributed by atoms with Gasteiger partial charge in [-0.15, -0.1) is 0 Å². The zero-order chi connectivity index (χ0) is 11.6. The molecule has 2 aliphatic heterocycles. The van der Waals surface area contributed by atoms with E-state index in [-0.39, 0.29) is 11.1 Å². The van der Waals surface area contributed by atoms with Gasteiger partial charge in [0.15, 0.2) is 0 Å². The molecule has 1 atom stereocenters. The number of hydrogen-bond acceptors (Lipinski definition) is 3. The normalized spacial score (nSPS) is 35.9. The van der Waals surface area contributed by atoms with Crippen LogP contribution in [-0.2, 0) is 9.53 Å². The van der Waals surface area contributed by atoms with Crippen LogP contribution in [0.1, 0.15) is 46.0 Å². The molecule has 0 radical (unpaired) electrons. The second kappa shape index (κ2) is 4.46. The Morgan fingerprint density at radius 3 is 2.44 bits per heavy atom. The Morgan fingerprint density at radius 2 is 1.88 bits per heavy atom. The van der Waals surface area contributed by atoms with E-state index in [1.165, 1.54) is 25.5 Å². The van der Waals surface area contributed by atoms with E-state index in [0.717, 1.165) is 25.9 Å². The number of nitrogens with zero attached hydrogens (tertiary/aromatic N) is 1. The van der Waals surface area contributed by atoms with Crippen molar-refractivity contribution in [3.63, 3.8) is 0 Å². The van der Waals surface area contributed by atoms with Gasteiger partial charge in [0.2, 0.25) is 0 Å². The summed E-state index contributed by atoms with van der Waals surface area (Å²) in [5.41, 5.74) is -0.404. The average Bonchev–Trinajstić information content (AvgIpc) is 2.29. The minimum atomic E-state index is -0.248. The lowest BCUT2D eigenvalue weighted by Crippen LogP contribution is -2.59. The summed E-state index contributed by atoms with van der Waals surface area (Å²) >= 11 is 0. The summed E-state index contributed by atoms with van der Waals surface area (Å²) in [5, 5.41) is 0. The Balaban J connectivity index is 2.13. The molecule has 92 valence electrons. The molecule has 0 aliphatic carbocycles. The van der Waals surface area contributed by atoms with Crippen LogP contribution >= 0.6 is 0 Å². The first kappa shape index (κ1) is 12.1. The fourth-order valence-electron chi connectivity index (χ4n) is 3.16. The Kier molecular flexibility index (Phi) is 3.36. The van der Waals surface area contributed by atoms with Gasteiger partial charge in [-0.3, -0.25) is 4.90 Å². The van der Waals surface area contributed by atoms with Gasteiger partial charge < -0.3 is 9.53 Å². The second-order valence-corrected chi connectivity index (χ2v) is 5.80. The van der Waals surface area contributed by atoms with Crippen molar-refractivity contribution in [3.8, 4) is 0 Å². The highest BCUT2D eigenvalue weighted by Gasteiger charge is 2.45. The Hall–Kier alpha value is -0.410. The van der Waals surface area contributed by atoms with E-state index >= 15 is 0 Å². The van der Waals surface area contributed by atoms with Gasteiger partial charge in [0, 0.05) is 13.0 Å². The van der Waals surface area contributed by atoms with Gasteiger partial charge in [-0.25, -0.2) is 0 Å². The Morgan fingerprint density at radius 1 is 1.19 bits per heavy atom. The minimum Gasteiger partial charge on any atom is -0.375 e. The summed E-state index contributed by atoms with van der Waals surface area (Å²) < 4.78 is 5.73. The van der Waals surface area contributed by atoms with Crippen molar-refractivity contribution < 1.29 is 9.53 Å². The summed E-state index contributed by atoms with van der Waals surface area (Å²) in [4.78, 5) is 14.0. The third-order valence-electron chi connectivity index (χ3n) is 3.96. The zero-order valence-electron chi connectivity index (χ0n) is 10.5. The lowest BCUT2D eigenvalue weighted by molar-refractivity contribution is -0.145. The summed E-state index contributed by atoms with van der Waals surface area (Å²) in [6.45, 7) is 7.05. The SMILES string of the molecule is CC1(C)CC(C=O)(N2CCCCC2)CCO1. The van der Waals surface area contributed by atoms with Crippen LogP contribution in [0.2, 0.25) is 0 Å². The molecule has 0 saturated carbocycles. The number of carbonyl (C=O) groups excluding carboxylic acids is 1. The third-order valence-corrected chi connectivity index (χ3v) is 3.96. The largest absolute Gasteiger partial charge is 0.375 e. The maximum absolute atomic E-state index is 11.6. The molecule has 0 aromatic carbocycles. The van der Waals surface area contributed by atoms with Gasteiger partial charge in [0.1, 0.15) is 6.29 Å². The summed E-state index contributed by atoms with van der Waals surface area (Å²) in [5.74, 6) is 0. The maximum Gasteiger partial charge on any atom is 0.140 e. The molecule has 16 heavy (non-hydrogen) atoms. The Bertz CT molecular complexity index is 259. The first-order valence-electron chi connectivity index (χ1n) is 6.43. The number of aldehydes is 1. The number of rotatable bonds is 2. The van der Waals surface area contributed by atoms with E-state index in [1.807, 2.05) is 0 Å². The van der Waals surface area contributed by atoms with Crippen LogP contribution < -0.4 is 0 Å². The van der Waals surface area contributed by atoms with Crippen molar-refractivity contribution in [1.82, 2.24) is 4.90 Å². The van der Waals surface area contributed by atoms with E-state index in [4.69, 9.17) is 4.74 Å². The van der Waals surface area contributed by atoms with Gasteiger partial charge in [-0.05, 0) is 46.2 Å². The number of hydrogen-bond donors (Lipinski definition) is 0. The van der Waals surface area contributed by atoms with E-state index < -0.39 is 0 Å². The predicted octanol–water partition coefficient (Wildman–Crippen LogP) is 2.00. The van der Waals surface area contributed by atoms with Gasteiger partial charge in [-0.2, -0.15) is 0 Å². The van der Waals surface area contributed by atoms with E-state index in [9.17, 15) is 4.79 Å². The standard InChI is InChI=1S/C13H23NO2/c1-12(2)10-13(11-15,6-9-16-12)14-7-4-3-5-8-14/h11H,3-10H2,1-2H3. The average molecular weight is 225 g/mol. The molecule has 0 spiro atoms. The van der Waals surface area contributed by atoms with Crippen LogP contribution in [0.3, 0.4) is 0 Å². The molecule has 1 unspecified atom stereocenters. The van der Waals surface area contributed by atoms with Crippen molar-refractivity contribution in [2.24, 2.45) is 0 Å². The topological polar surface area (TPSA) is 29.5 Å². The summed E-state index contributed by atoms with van der Waals surface area (Å²) in [7, 11) is 0. The van der Waals surface area contributed by atoms with Crippen LogP contribution in [0.15, 0.2) is 0 Å². The van der Waals surface area contributed by atoms with Gasteiger partial charge in [0.25, 0.3) is 0 Å². The number of likely N-dealkylation sites (tertiary alicyclic amines) is 1. The highest BCUT2D eigenvalue weighted by molar-refractivity contribution is 5.65. The van der Waals surface area contributed by atoms with E-state index in [2.05, 4.69) is 18.7 Å². The summed E-state index contributed by atoms with van der Waals surface area (Å²) in [6, 6.07) is 0.